The van der Waals surface area contributed by atoms with E-state index in [1.54, 1.807) is 0 Å². The van der Waals surface area contributed by atoms with Crippen molar-refractivity contribution >= 4 is 12.0 Å². The van der Waals surface area contributed by atoms with Gasteiger partial charge in [-0.1, -0.05) is 67.6 Å². The molecule has 1 fully saturated rings. The molecule has 23 heavy (non-hydrogen) atoms. The maximum absolute atomic E-state index is 12.8. The van der Waals surface area contributed by atoms with Gasteiger partial charge >= 0.3 is 6.09 Å². The predicted molar refractivity (Wildman–Crippen MR) is 86.7 cm³/mol. The molecule has 0 radical (unpaired) electrons. The van der Waals surface area contributed by atoms with Crippen LogP contribution in [0.15, 0.2) is 60.7 Å². The zero-order valence-corrected chi connectivity index (χ0v) is 13.0. The normalized spacial score (nSPS) is 18.6. The van der Waals surface area contributed by atoms with E-state index in [2.05, 4.69) is 0 Å². The standard InChI is InChI=1S/C19H19NO3/c1-14(12-15-8-4-2-5-9-15)18(21)20-17(13-23-19(20)22)16-10-6-3-7-11-16/h2-11,14,17H,12-13H2,1H3/t14-,17+/m1/s1. The molecule has 0 unspecified atom stereocenters. The van der Waals surface area contributed by atoms with Gasteiger partial charge in [-0.05, 0) is 17.5 Å². The van der Waals surface area contributed by atoms with Crippen molar-refractivity contribution in [3.63, 3.8) is 0 Å². The van der Waals surface area contributed by atoms with Crippen LogP contribution in [0.3, 0.4) is 0 Å². The van der Waals surface area contributed by atoms with E-state index >= 15 is 0 Å². The molecule has 1 saturated heterocycles. The van der Waals surface area contributed by atoms with Gasteiger partial charge in [0.15, 0.2) is 0 Å². The number of benzene rings is 2. The van der Waals surface area contributed by atoms with Crippen LogP contribution >= 0.6 is 0 Å². The molecular weight excluding hydrogens is 290 g/mol. The topological polar surface area (TPSA) is 46.6 Å². The third-order valence-corrected chi connectivity index (χ3v) is 4.10. The molecular formula is C19H19NO3. The second-order valence-electron chi connectivity index (χ2n) is 5.80. The molecule has 0 N–H and O–H groups in total. The fourth-order valence-electron chi connectivity index (χ4n) is 2.88. The van der Waals surface area contributed by atoms with E-state index in [0.717, 1.165) is 11.1 Å². The molecule has 2 aromatic rings. The zero-order chi connectivity index (χ0) is 16.2. The minimum atomic E-state index is -0.552. The summed E-state index contributed by atoms with van der Waals surface area (Å²) in [6.07, 6.45) is 0.0501. The van der Waals surface area contributed by atoms with Crippen LogP contribution in [0.5, 0.6) is 0 Å². The van der Waals surface area contributed by atoms with Crippen molar-refractivity contribution in [2.45, 2.75) is 19.4 Å². The van der Waals surface area contributed by atoms with Crippen LogP contribution in [0.1, 0.15) is 24.1 Å². The average molecular weight is 309 g/mol. The predicted octanol–water partition coefficient (Wildman–Crippen LogP) is 3.59. The number of carbonyl (C=O) groups is 2. The number of imide groups is 1. The van der Waals surface area contributed by atoms with Gasteiger partial charge < -0.3 is 4.74 Å². The van der Waals surface area contributed by atoms with Crippen molar-refractivity contribution in [2.24, 2.45) is 5.92 Å². The first-order valence-corrected chi connectivity index (χ1v) is 7.75. The molecule has 4 heteroatoms. The molecule has 2 atom stereocenters. The van der Waals surface area contributed by atoms with Gasteiger partial charge in [0.2, 0.25) is 5.91 Å². The minimum absolute atomic E-state index is 0.190. The third-order valence-electron chi connectivity index (χ3n) is 4.10. The fraction of sp³-hybridized carbons (Fsp3) is 0.263. The van der Waals surface area contributed by atoms with Gasteiger partial charge in [-0.25, -0.2) is 9.69 Å². The van der Waals surface area contributed by atoms with Crippen molar-refractivity contribution in [1.29, 1.82) is 0 Å². The molecule has 0 saturated carbocycles. The highest BCUT2D eigenvalue weighted by Crippen LogP contribution is 2.29. The Kier molecular flexibility index (Phi) is 4.42. The number of amides is 2. The van der Waals surface area contributed by atoms with Crippen LogP contribution in [-0.2, 0) is 16.0 Å². The number of hydrogen-bond acceptors (Lipinski definition) is 3. The van der Waals surface area contributed by atoms with Crippen molar-refractivity contribution in [1.82, 2.24) is 4.90 Å². The molecule has 0 aliphatic carbocycles. The maximum Gasteiger partial charge on any atom is 0.417 e. The van der Waals surface area contributed by atoms with Gasteiger partial charge in [-0.15, -0.1) is 0 Å². The molecule has 0 bridgehead atoms. The molecule has 1 heterocycles. The summed E-state index contributed by atoms with van der Waals surface area (Å²) in [7, 11) is 0. The Morgan fingerprint density at radius 3 is 2.39 bits per heavy atom. The van der Waals surface area contributed by atoms with Gasteiger partial charge in [0.05, 0.1) is 0 Å². The minimum Gasteiger partial charge on any atom is -0.446 e. The van der Waals surface area contributed by atoms with Crippen LogP contribution in [0, 0.1) is 5.92 Å². The van der Waals surface area contributed by atoms with Crippen LogP contribution in [0.4, 0.5) is 4.79 Å². The first-order valence-electron chi connectivity index (χ1n) is 7.75. The molecule has 0 spiro atoms. The van der Waals surface area contributed by atoms with Crippen LogP contribution < -0.4 is 0 Å². The lowest BCUT2D eigenvalue weighted by atomic mass is 9.98. The Balaban J connectivity index is 1.77. The highest BCUT2D eigenvalue weighted by molar-refractivity contribution is 5.94. The van der Waals surface area contributed by atoms with Crippen LogP contribution in [0.2, 0.25) is 0 Å². The Hall–Kier alpha value is -2.62. The lowest BCUT2D eigenvalue weighted by molar-refractivity contribution is -0.133. The SMILES string of the molecule is C[C@H](Cc1ccccc1)C(=O)N1C(=O)OC[C@H]1c1ccccc1. The number of carbonyl (C=O) groups excluding carboxylic acids is 2. The average Bonchev–Trinajstić information content (AvgIpc) is 2.97. The summed E-state index contributed by atoms with van der Waals surface area (Å²) in [6, 6.07) is 19.0. The number of rotatable bonds is 4. The Morgan fingerprint density at radius 1 is 1.13 bits per heavy atom. The van der Waals surface area contributed by atoms with Gasteiger partial charge in [-0.3, -0.25) is 4.79 Å². The molecule has 4 nitrogen and oxygen atoms in total. The van der Waals surface area contributed by atoms with Gasteiger partial charge in [-0.2, -0.15) is 0 Å². The zero-order valence-electron chi connectivity index (χ0n) is 13.0. The van der Waals surface area contributed by atoms with E-state index in [9.17, 15) is 9.59 Å². The van der Waals surface area contributed by atoms with E-state index < -0.39 is 6.09 Å². The summed E-state index contributed by atoms with van der Waals surface area (Å²) in [5.41, 5.74) is 2.00. The summed E-state index contributed by atoms with van der Waals surface area (Å²) in [6.45, 7) is 2.07. The lowest BCUT2D eigenvalue weighted by Gasteiger charge is -2.23. The second kappa shape index (κ2) is 6.65. The second-order valence-corrected chi connectivity index (χ2v) is 5.80. The van der Waals surface area contributed by atoms with E-state index in [-0.39, 0.29) is 24.5 Å². The fourth-order valence-corrected chi connectivity index (χ4v) is 2.88. The van der Waals surface area contributed by atoms with E-state index in [1.165, 1.54) is 4.90 Å². The maximum atomic E-state index is 12.8. The molecule has 0 aromatic heterocycles. The largest absolute Gasteiger partial charge is 0.446 e. The monoisotopic (exact) mass is 309 g/mol. The summed E-state index contributed by atoms with van der Waals surface area (Å²) < 4.78 is 5.12. The molecule has 2 aromatic carbocycles. The number of ether oxygens (including phenoxy) is 1. The van der Waals surface area contributed by atoms with Crippen molar-refractivity contribution in [3.8, 4) is 0 Å². The molecule has 1 aliphatic rings. The summed E-state index contributed by atoms with van der Waals surface area (Å²) in [4.78, 5) is 26.1. The lowest BCUT2D eigenvalue weighted by Crippen LogP contribution is -2.38. The van der Waals surface area contributed by atoms with E-state index in [1.807, 2.05) is 67.6 Å². The highest BCUT2D eigenvalue weighted by atomic mass is 16.6. The van der Waals surface area contributed by atoms with Gasteiger partial charge in [0.25, 0.3) is 0 Å². The van der Waals surface area contributed by atoms with Gasteiger partial charge in [0, 0.05) is 5.92 Å². The molecule has 118 valence electrons. The molecule has 2 amide bonds. The molecule has 3 rings (SSSR count). The molecule has 1 aliphatic heterocycles. The van der Waals surface area contributed by atoms with E-state index in [0.29, 0.717) is 6.42 Å². The summed E-state index contributed by atoms with van der Waals surface area (Å²) >= 11 is 0. The van der Waals surface area contributed by atoms with Crippen molar-refractivity contribution in [2.75, 3.05) is 6.61 Å². The van der Waals surface area contributed by atoms with Crippen LogP contribution in [-0.4, -0.2) is 23.5 Å². The smallest absolute Gasteiger partial charge is 0.417 e. The summed E-state index contributed by atoms with van der Waals surface area (Å²) in [5, 5.41) is 0. The first-order chi connectivity index (χ1) is 11.2. The first kappa shape index (κ1) is 15.3. The van der Waals surface area contributed by atoms with Crippen molar-refractivity contribution < 1.29 is 14.3 Å². The van der Waals surface area contributed by atoms with Crippen LogP contribution in [0.25, 0.3) is 0 Å². The number of hydrogen-bond donors (Lipinski definition) is 0. The number of cyclic esters (lactones) is 1. The Labute approximate surface area is 135 Å². The Bertz CT molecular complexity index is 684. The third kappa shape index (κ3) is 3.26. The number of nitrogens with zero attached hydrogens (tertiary/aromatic N) is 1. The Morgan fingerprint density at radius 2 is 1.74 bits per heavy atom. The van der Waals surface area contributed by atoms with Crippen molar-refractivity contribution in [3.05, 3.63) is 71.8 Å². The highest BCUT2D eigenvalue weighted by Gasteiger charge is 2.40. The van der Waals surface area contributed by atoms with E-state index in [4.69, 9.17) is 4.74 Å². The van der Waals surface area contributed by atoms with Gasteiger partial charge in [0.1, 0.15) is 12.6 Å². The quantitative estimate of drug-likeness (QED) is 0.867. The summed E-state index contributed by atoms with van der Waals surface area (Å²) in [5.74, 6) is -0.473.